The fourth-order valence-corrected chi connectivity index (χ4v) is 2.22. The van der Waals surface area contributed by atoms with Gasteiger partial charge in [-0.3, -0.25) is 0 Å². The molecule has 3 heteroatoms. The number of rotatable bonds is 5. The first-order valence-corrected chi connectivity index (χ1v) is 6.54. The SMILES string of the molecule is C=C(C)CN(CC)c1nc(CO)cc2ccccc12. The van der Waals surface area contributed by atoms with E-state index in [4.69, 9.17) is 0 Å². The molecule has 0 bridgehead atoms. The second-order valence-corrected chi connectivity index (χ2v) is 4.79. The molecule has 3 nitrogen and oxygen atoms in total. The Bertz CT molecular complexity index is 592. The highest BCUT2D eigenvalue weighted by molar-refractivity contribution is 5.92. The van der Waals surface area contributed by atoms with E-state index in [0.29, 0.717) is 5.69 Å². The number of likely N-dealkylation sites (N-methyl/N-ethyl adjacent to an activating group) is 1. The van der Waals surface area contributed by atoms with Crippen LogP contribution < -0.4 is 4.90 Å². The minimum absolute atomic E-state index is 0.0392. The van der Waals surface area contributed by atoms with E-state index in [9.17, 15) is 5.11 Å². The first kappa shape index (κ1) is 13.6. The van der Waals surface area contributed by atoms with Gasteiger partial charge >= 0.3 is 0 Å². The predicted molar refractivity (Wildman–Crippen MR) is 80.4 cm³/mol. The van der Waals surface area contributed by atoms with Gasteiger partial charge in [0, 0.05) is 18.5 Å². The lowest BCUT2D eigenvalue weighted by molar-refractivity contribution is 0.277. The number of aliphatic hydroxyl groups excluding tert-OH is 1. The van der Waals surface area contributed by atoms with Crippen LogP contribution >= 0.6 is 0 Å². The Morgan fingerprint density at radius 2 is 2.11 bits per heavy atom. The number of nitrogens with zero attached hydrogens (tertiary/aromatic N) is 2. The summed E-state index contributed by atoms with van der Waals surface area (Å²) >= 11 is 0. The Kier molecular flexibility index (Phi) is 4.17. The van der Waals surface area contributed by atoms with Crippen molar-refractivity contribution in [3.05, 3.63) is 48.2 Å². The van der Waals surface area contributed by atoms with Gasteiger partial charge in [-0.15, -0.1) is 0 Å². The molecule has 0 saturated heterocycles. The highest BCUT2D eigenvalue weighted by Crippen LogP contribution is 2.26. The average Bonchev–Trinajstić information content (AvgIpc) is 2.43. The van der Waals surface area contributed by atoms with Crippen LogP contribution in [0.4, 0.5) is 5.82 Å². The van der Waals surface area contributed by atoms with Gasteiger partial charge in [-0.25, -0.2) is 4.98 Å². The molecule has 2 aromatic rings. The lowest BCUT2D eigenvalue weighted by atomic mass is 10.1. The van der Waals surface area contributed by atoms with Crippen LogP contribution in [0.15, 0.2) is 42.5 Å². The van der Waals surface area contributed by atoms with Crippen LogP contribution in [-0.4, -0.2) is 23.2 Å². The van der Waals surface area contributed by atoms with Crippen LogP contribution in [0.25, 0.3) is 10.8 Å². The average molecular weight is 256 g/mol. The van der Waals surface area contributed by atoms with Crippen molar-refractivity contribution in [3.63, 3.8) is 0 Å². The maximum absolute atomic E-state index is 9.36. The number of fused-ring (bicyclic) bond motifs is 1. The summed E-state index contributed by atoms with van der Waals surface area (Å²) in [6, 6.07) is 10.1. The van der Waals surface area contributed by atoms with Crippen molar-refractivity contribution in [1.82, 2.24) is 4.98 Å². The maximum Gasteiger partial charge on any atom is 0.137 e. The largest absolute Gasteiger partial charge is 0.390 e. The third-order valence-electron chi connectivity index (χ3n) is 3.08. The van der Waals surface area contributed by atoms with Gasteiger partial charge in [0.2, 0.25) is 0 Å². The van der Waals surface area contributed by atoms with Crippen molar-refractivity contribution < 1.29 is 5.11 Å². The summed E-state index contributed by atoms with van der Waals surface area (Å²) in [6.07, 6.45) is 0. The van der Waals surface area contributed by atoms with Gasteiger partial charge in [0.25, 0.3) is 0 Å². The Morgan fingerprint density at radius 1 is 1.37 bits per heavy atom. The second kappa shape index (κ2) is 5.85. The Labute approximate surface area is 114 Å². The molecule has 0 fully saturated rings. The van der Waals surface area contributed by atoms with E-state index in [1.807, 2.05) is 31.2 Å². The van der Waals surface area contributed by atoms with Crippen molar-refractivity contribution in [2.24, 2.45) is 0 Å². The van der Waals surface area contributed by atoms with Gasteiger partial charge in [-0.2, -0.15) is 0 Å². The zero-order valence-corrected chi connectivity index (χ0v) is 11.6. The summed E-state index contributed by atoms with van der Waals surface area (Å²) in [5.74, 6) is 0.924. The molecule has 0 aliphatic carbocycles. The topological polar surface area (TPSA) is 36.4 Å². The van der Waals surface area contributed by atoms with Crippen LogP contribution in [0.3, 0.4) is 0 Å². The van der Waals surface area contributed by atoms with E-state index in [1.54, 1.807) is 0 Å². The van der Waals surface area contributed by atoms with Crippen molar-refractivity contribution in [1.29, 1.82) is 0 Å². The molecule has 1 aromatic heterocycles. The number of pyridine rings is 1. The quantitative estimate of drug-likeness (QED) is 0.835. The predicted octanol–water partition coefficient (Wildman–Crippen LogP) is 3.13. The molecule has 0 spiro atoms. The van der Waals surface area contributed by atoms with Crippen molar-refractivity contribution >= 4 is 16.6 Å². The van der Waals surface area contributed by atoms with Crippen LogP contribution in [0, 0.1) is 0 Å². The summed E-state index contributed by atoms with van der Waals surface area (Å²) in [5.41, 5.74) is 1.80. The molecule has 1 N–H and O–H groups in total. The minimum atomic E-state index is -0.0392. The third-order valence-corrected chi connectivity index (χ3v) is 3.08. The van der Waals surface area contributed by atoms with Crippen LogP contribution in [0.2, 0.25) is 0 Å². The van der Waals surface area contributed by atoms with E-state index in [-0.39, 0.29) is 6.61 Å². The van der Waals surface area contributed by atoms with Crippen molar-refractivity contribution in [3.8, 4) is 0 Å². The van der Waals surface area contributed by atoms with Gasteiger partial charge in [0.15, 0.2) is 0 Å². The normalized spacial score (nSPS) is 10.7. The van der Waals surface area contributed by atoms with E-state index < -0.39 is 0 Å². The van der Waals surface area contributed by atoms with Gasteiger partial charge in [-0.05, 0) is 25.3 Å². The molecule has 0 radical (unpaired) electrons. The molecule has 19 heavy (non-hydrogen) atoms. The van der Waals surface area contributed by atoms with E-state index in [2.05, 4.69) is 29.5 Å². The first-order chi connectivity index (χ1) is 9.15. The third kappa shape index (κ3) is 2.93. The van der Waals surface area contributed by atoms with Gasteiger partial charge < -0.3 is 10.0 Å². The zero-order chi connectivity index (χ0) is 13.8. The molecule has 1 aromatic carbocycles. The molecular formula is C16H20N2O. The Morgan fingerprint density at radius 3 is 2.74 bits per heavy atom. The molecule has 0 atom stereocenters. The Hall–Kier alpha value is -1.87. The van der Waals surface area contributed by atoms with Crippen LogP contribution in [0.1, 0.15) is 19.5 Å². The summed E-state index contributed by atoms with van der Waals surface area (Å²) < 4.78 is 0. The van der Waals surface area contributed by atoms with E-state index >= 15 is 0 Å². The summed E-state index contributed by atoms with van der Waals surface area (Å²) in [4.78, 5) is 6.76. The molecule has 1 heterocycles. The number of aliphatic hydroxyl groups is 1. The summed E-state index contributed by atoms with van der Waals surface area (Å²) in [5, 5.41) is 11.6. The van der Waals surface area contributed by atoms with Gasteiger partial charge in [0.1, 0.15) is 5.82 Å². The number of benzene rings is 1. The van der Waals surface area contributed by atoms with E-state index in [0.717, 1.165) is 35.3 Å². The molecule has 0 aliphatic heterocycles. The lowest BCUT2D eigenvalue weighted by Crippen LogP contribution is -2.26. The fraction of sp³-hybridized carbons (Fsp3) is 0.312. The highest BCUT2D eigenvalue weighted by Gasteiger charge is 2.11. The zero-order valence-electron chi connectivity index (χ0n) is 11.6. The standard InChI is InChI=1S/C16H20N2O/c1-4-18(10-12(2)3)16-15-8-6-5-7-13(15)9-14(11-19)17-16/h5-9,19H,2,4,10-11H2,1,3H3. The summed E-state index contributed by atoms with van der Waals surface area (Å²) in [6.45, 7) is 9.69. The molecule has 100 valence electrons. The maximum atomic E-state index is 9.36. The van der Waals surface area contributed by atoms with Crippen molar-refractivity contribution in [2.75, 3.05) is 18.0 Å². The lowest BCUT2D eigenvalue weighted by Gasteiger charge is -2.24. The molecule has 0 saturated carbocycles. The monoisotopic (exact) mass is 256 g/mol. The first-order valence-electron chi connectivity index (χ1n) is 6.54. The minimum Gasteiger partial charge on any atom is -0.390 e. The molecule has 0 unspecified atom stereocenters. The smallest absolute Gasteiger partial charge is 0.137 e. The molecule has 0 aliphatic rings. The number of anilines is 1. The molecule has 0 amide bonds. The number of aromatic nitrogens is 1. The van der Waals surface area contributed by atoms with Gasteiger partial charge in [-0.1, -0.05) is 36.4 Å². The second-order valence-electron chi connectivity index (χ2n) is 4.79. The van der Waals surface area contributed by atoms with Crippen molar-refractivity contribution in [2.45, 2.75) is 20.5 Å². The van der Waals surface area contributed by atoms with Crippen LogP contribution in [0.5, 0.6) is 0 Å². The van der Waals surface area contributed by atoms with Crippen LogP contribution in [-0.2, 0) is 6.61 Å². The van der Waals surface area contributed by atoms with E-state index in [1.165, 1.54) is 0 Å². The number of hydrogen-bond donors (Lipinski definition) is 1. The molecular weight excluding hydrogens is 236 g/mol. The number of hydrogen-bond acceptors (Lipinski definition) is 3. The van der Waals surface area contributed by atoms with Gasteiger partial charge in [0.05, 0.1) is 12.3 Å². The summed E-state index contributed by atoms with van der Waals surface area (Å²) in [7, 11) is 0. The fourth-order valence-electron chi connectivity index (χ4n) is 2.22. The Balaban J connectivity index is 2.58. The highest BCUT2D eigenvalue weighted by atomic mass is 16.3. The molecule has 2 rings (SSSR count).